The van der Waals surface area contributed by atoms with Gasteiger partial charge in [0.05, 0.1) is 11.1 Å². The fraction of sp³-hybridized carbons (Fsp3) is 0. The number of hydrogen-bond acceptors (Lipinski definition) is 3. The van der Waals surface area contributed by atoms with E-state index in [-0.39, 0.29) is 0 Å². The van der Waals surface area contributed by atoms with Crippen molar-refractivity contribution in [1.82, 2.24) is 4.98 Å². The van der Waals surface area contributed by atoms with Crippen LogP contribution in [0.1, 0.15) is 22.3 Å². The van der Waals surface area contributed by atoms with Crippen molar-refractivity contribution in [3.63, 3.8) is 0 Å². The maximum Gasteiger partial charge on any atom is 0.101 e. The number of pyridine rings is 1. The first-order chi connectivity index (χ1) is 8.83. The van der Waals surface area contributed by atoms with Gasteiger partial charge in [-0.3, -0.25) is 4.98 Å². The zero-order valence-corrected chi connectivity index (χ0v) is 9.38. The highest BCUT2D eigenvalue weighted by Gasteiger charge is 2.00. The second-order valence-electron chi connectivity index (χ2n) is 3.47. The molecule has 82 valence electrons. The second kappa shape index (κ2) is 5.30. The van der Waals surface area contributed by atoms with Gasteiger partial charge < -0.3 is 0 Å². The highest BCUT2D eigenvalue weighted by Crippen LogP contribution is 2.09. The van der Waals surface area contributed by atoms with Crippen LogP contribution in [0.3, 0.4) is 0 Å². The van der Waals surface area contributed by atoms with Gasteiger partial charge in [0.15, 0.2) is 0 Å². The molecule has 18 heavy (non-hydrogen) atoms. The fourth-order valence-corrected chi connectivity index (χ4v) is 1.39. The Morgan fingerprint density at radius 2 is 1.44 bits per heavy atom. The molecule has 0 atom stereocenters. The Bertz CT molecular complexity index is 707. The van der Waals surface area contributed by atoms with Gasteiger partial charge in [-0.15, -0.1) is 0 Å². The summed E-state index contributed by atoms with van der Waals surface area (Å²) >= 11 is 0. The van der Waals surface area contributed by atoms with E-state index in [0.29, 0.717) is 16.7 Å². The molecule has 0 amide bonds. The van der Waals surface area contributed by atoms with Crippen molar-refractivity contribution in [3.05, 3.63) is 65.0 Å². The molecule has 0 aliphatic rings. The molecule has 1 aromatic carbocycles. The highest BCUT2D eigenvalue weighted by atomic mass is 14.6. The molecule has 0 aliphatic carbocycles. The summed E-state index contributed by atoms with van der Waals surface area (Å²) < 4.78 is 0. The van der Waals surface area contributed by atoms with E-state index in [1.807, 2.05) is 24.3 Å². The van der Waals surface area contributed by atoms with Crippen molar-refractivity contribution in [2.45, 2.75) is 0 Å². The number of rotatable bonds is 0. The minimum absolute atomic E-state index is 0.346. The van der Waals surface area contributed by atoms with Crippen LogP contribution in [-0.4, -0.2) is 4.98 Å². The summed E-state index contributed by atoms with van der Waals surface area (Å²) in [6.07, 6.45) is 3.34. The Hall–Kier alpha value is -3.09. The zero-order chi connectivity index (χ0) is 12.8. The van der Waals surface area contributed by atoms with E-state index in [0.717, 1.165) is 5.56 Å². The van der Waals surface area contributed by atoms with Crippen LogP contribution >= 0.6 is 0 Å². The Labute approximate surface area is 105 Å². The first-order valence-electron chi connectivity index (χ1n) is 5.20. The summed E-state index contributed by atoms with van der Waals surface area (Å²) in [6, 6.07) is 12.5. The number of hydrogen-bond donors (Lipinski definition) is 0. The average Bonchev–Trinajstić information content (AvgIpc) is 2.45. The van der Waals surface area contributed by atoms with Gasteiger partial charge in [0.2, 0.25) is 0 Å². The Morgan fingerprint density at radius 3 is 2.11 bits per heavy atom. The molecule has 0 saturated heterocycles. The van der Waals surface area contributed by atoms with Crippen LogP contribution in [0.4, 0.5) is 0 Å². The van der Waals surface area contributed by atoms with Crippen molar-refractivity contribution in [2.24, 2.45) is 0 Å². The summed E-state index contributed by atoms with van der Waals surface area (Å²) in [5.74, 6) is 5.92. The average molecular weight is 229 g/mol. The molecule has 0 aliphatic heterocycles. The van der Waals surface area contributed by atoms with Crippen LogP contribution < -0.4 is 0 Å². The van der Waals surface area contributed by atoms with Gasteiger partial charge in [-0.05, 0) is 30.3 Å². The summed E-state index contributed by atoms with van der Waals surface area (Å²) in [6.45, 7) is 0. The predicted octanol–water partition coefficient (Wildman–Crippen LogP) is 2.22. The van der Waals surface area contributed by atoms with E-state index in [1.165, 1.54) is 0 Å². The summed E-state index contributed by atoms with van der Waals surface area (Å²) in [4.78, 5) is 3.90. The molecule has 0 unspecified atom stereocenters. The number of aromatic nitrogens is 1. The van der Waals surface area contributed by atoms with Gasteiger partial charge >= 0.3 is 0 Å². The van der Waals surface area contributed by atoms with Crippen LogP contribution in [0.25, 0.3) is 0 Å². The normalized spacial score (nSPS) is 8.56. The lowest BCUT2D eigenvalue weighted by atomic mass is 10.1. The topological polar surface area (TPSA) is 60.5 Å². The van der Waals surface area contributed by atoms with E-state index < -0.39 is 0 Å². The minimum atomic E-state index is 0.346. The molecule has 0 fully saturated rings. The van der Waals surface area contributed by atoms with Gasteiger partial charge in [0.25, 0.3) is 0 Å². The molecule has 1 heterocycles. The standard InChI is InChI=1S/C15H7N3/c16-10-14-4-3-13(9-15(14)11-17)2-1-12-5-7-18-8-6-12/h3-9H. The SMILES string of the molecule is N#Cc1ccc(C#Cc2ccncc2)cc1C#N. The van der Waals surface area contributed by atoms with Crippen LogP contribution in [0.5, 0.6) is 0 Å². The number of nitrogens with zero attached hydrogens (tertiary/aromatic N) is 3. The molecule has 0 bridgehead atoms. The van der Waals surface area contributed by atoms with Gasteiger partial charge in [0.1, 0.15) is 12.1 Å². The van der Waals surface area contributed by atoms with E-state index in [9.17, 15) is 0 Å². The van der Waals surface area contributed by atoms with E-state index in [4.69, 9.17) is 10.5 Å². The molecule has 3 heteroatoms. The van der Waals surface area contributed by atoms with Gasteiger partial charge in [-0.1, -0.05) is 11.8 Å². The molecule has 2 rings (SSSR count). The summed E-state index contributed by atoms with van der Waals surface area (Å²) in [5, 5.41) is 17.7. The molecule has 2 aromatic rings. The van der Waals surface area contributed by atoms with E-state index in [1.54, 1.807) is 30.6 Å². The third-order valence-electron chi connectivity index (χ3n) is 2.29. The lowest BCUT2D eigenvalue weighted by molar-refractivity contribution is 1.32. The quantitative estimate of drug-likeness (QED) is 0.651. The monoisotopic (exact) mass is 229 g/mol. The number of nitriles is 2. The van der Waals surface area contributed by atoms with Crippen molar-refractivity contribution in [1.29, 1.82) is 10.5 Å². The van der Waals surface area contributed by atoms with Crippen molar-refractivity contribution in [2.75, 3.05) is 0 Å². The smallest absolute Gasteiger partial charge is 0.101 e. The minimum Gasteiger partial charge on any atom is -0.265 e. The third kappa shape index (κ3) is 2.53. The van der Waals surface area contributed by atoms with E-state index in [2.05, 4.69) is 16.8 Å². The van der Waals surface area contributed by atoms with Crippen molar-refractivity contribution >= 4 is 0 Å². The maximum absolute atomic E-state index is 8.90. The molecular formula is C15H7N3. The Morgan fingerprint density at radius 1 is 0.778 bits per heavy atom. The van der Waals surface area contributed by atoms with E-state index >= 15 is 0 Å². The fourth-order valence-electron chi connectivity index (χ4n) is 1.39. The van der Waals surface area contributed by atoms with Crippen LogP contribution in [0, 0.1) is 34.5 Å². The largest absolute Gasteiger partial charge is 0.265 e. The van der Waals surface area contributed by atoms with Crippen LogP contribution in [-0.2, 0) is 0 Å². The molecule has 3 nitrogen and oxygen atoms in total. The summed E-state index contributed by atoms with van der Waals surface area (Å²) in [5.41, 5.74) is 2.28. The lowest BCUT2D eigenvalue weighted by Crippen LogP contribution is -1.85. The molecule has 0 spiro atoms. The molecule has 0 radical (unpaired) electrons. The van der Waals surface area contributed by atoms with Gasteiger partial charge in [0, 0.05) is 23.5 Å². The number of benzene rings is 1. The Balaban J connectivity index is 2.36. The van der Waals surface area contributed by atoms with Gasteiger partial charge in [-0.2, -0.15) is 10.5 Å². The first kappa shape index (κ1) is 11.4. The molecule has 0 saturated carbocycles. The first-order valence-corrected chi connectivity index (χ1v) is 5.20. The molecular weight excluding hydrogens is 222 g/mol. The van der Waals surface area contributed by atoms with Crippen molar-refractivity contribution in [3.8, 4) is 24.0 Å². The van der Waals surface area contributed by atoms with Crippen LogP contribution in [0.15, 0.2) is 42.7 Å². The summed E-state index contributed by atoms with van der Waals surface area (Å²) in [7, 11) is 0. The predicted molar refractivity (Wildman–Crippen MR) is 66.1 cm³/mol. The highest BCUT2D eigenvalue weighted by molar-refractivity contribution is 5.52. The van der Waals surface area contributed by atoms with Crippen LogP contribution in [0.2, 0.25) is 0 Å². The zero-order valence-electron chi connectivity index (χ0n) is 9.38. The molecule has 1 aromatic heterocycles. The second-order valence-corrected chi connectivity index (χ2v) is 3.47. The third-order valence-corrected chi connectivity index (χ3v) is 2.29. The Kier molecular flexibility index (Phi) is 3.36. The molecule has 0 N–H and O–H groups in total. The van der Waals surface area contributed by atoms with Crippen molar-refractivity contribution < 1.29 is 0 Å². The van der Waals surface area contributed by atoms with Gasteiger partial charge in [-0.25, -0.2) is 0 Å². The lowest BCUT2D eigenvalue weighted by Gasteiger charge is -1.94. The maximum atomic E-state index is 8.90.